The molecule has 17 heavy (non-hydrogen) atoms. The van der Waals surface area contributed by atoms with Crippen LogP contribution in [0.1, 0.15) is 19.8 Å². The summed E-state index contributed by atoms with van der Waals surface area (Å²) in [4.78, 5) is 0. The lowest BCUT2D eigenvalue weighted by Gasteiger charge is -2.36. The normalized spacial score (nSPS) is 28.3. The minimum absolute atomic E-state index is 0.0637. The molecule has 2 unspecified atom stereocenters. The molecule has 1 fully saturated rings. The Bertz CT molecular complexity index is 358. The van der Waals surface area contributed by atoms with Gasteiger partial charge >= 0.3 is 6.18 Å². The van der Waals surface area contributed by atoms with Crippen LogP contribution in [0.15, 0.2) is 0 Å². The predicted molar refractivity (Wildman–Crippen MR) is 56.1 cm³/mol. The first-order chi connectivity index (χ1) is 7.63. The van der Waals surface area contributed by atoms with Gasteiger partial charge in [0, 0.05) is 6.54 Å². The fraction of sp³-hybridized carbons (Fsp3) is 1.00. The molecule has 1 aliphatic rings. The Morgan fingerprint density at radius 3 is 2.59 bits per heavy atom. The van der Waals surface area contributed by atoms with E-state index in [-0.39, 0.29) is 12.5 Å². The van der Waals surface area contributed by atoms with E-state index in [0.717, 1.165) is 10.7 Å². The van der Waals surface area contributed by atoms with E-state index >= 15 is 0 Å². The van der Waals surface area contributed by atoms with Crippen LogP contribution >= 0.6 is 0 Å². The number of halogens is 3. The molecule has 9 heteroatoms. The highest BCUT2D eigenvalue weighted by molar-refractivity contribution is 7.87. The zero-order valence-corrected chi connectivity index (χ0v) is 10.2. The summed E-state index contributed by atoms with van der Waals surface area (Å²) >= 11 is 0. The standard InChI is InChI=1S/C8H16F3N3O2S/c1-6-3-2-4-14(7(6)12)17(15,16)13-5-8(9,10)11/h6-7,13H,2-5,12H2,1H3. The van der Waals surface area contributed by atoms with Crippen molar-refractivity contribution in [2.45, 2.75) is 32.1 Å². The van der Waals surface area contributed by atoms with Gasteiger partial charge in [-0.1, -0.05) is 6.92 Å². The molecule has 1 saturated heterocycles. The van der Waals surface area contributed by atoms with Crippen LogP contribution in [-0.2, 0) is 10.2 Å². The SMILES string of the molecule is CC1CCCN(S(=O)(=O)NCC(F)(F)F)C1N. The average molecular weight is 275 g/mol. The minimum atomic E-state index is -4.57. The number of alkyl halides is 3. The molecular weight excluding hydrogens is 259 g/mol. The van der Waals surface area contributed by atoms with E-state index in [9.17, 15) is 21.6 Å². The number of nitrogens with zero attached hydrogens (tertiary/aromatic N) is 1. The fourth-order valence-electron chi connectivity index (χ4n) is 1.71. The number of nitrogens with two attached hydrogens (primary N) is 1. The number of hydrogen-bond donors (Lipinski definition) is 2. The Balaban J connectivity index is 2.69. The number of hydrogen-bond acceptors (Lipinski definition) is 3. The van der Waals surface area contributed by atoms with Crippen LogP contribution in [0.4, 0.5) is 13.2 Å². The zero-order chi connectivity index (χ0) is 13.3. The van der Waals surface area contributed by atoms with Gasteiger partial charge in [0.1, 0.15) is 6.54 Å². The molecule has 102 valence electrons. The third-order valence-electron chi connectivity index (χ3n) is 2.72. The molecule has 0 aliphatic carbocycles. The molecule has 0 saturated carbocycles. The van der Waals surface area contributed by atoms with Crippen molar-refractivity contribution in [1.82, 2.24) is 9.03 Å². The first kappa shape index (κ1) is 14.7. The number of rotatable bonds is 3. The van der Waals surface area contributed by atoms with E-state index in [1.165, 1.54) is 4.72 Å². The van der Waals surface area contributed by atoms with Crippen molar-refractivity contribution in [3.8, 4) is 0 Å². The molecular formula is C8H16F3N3O2S. The Labute approximate surface area is 98.3 Å². The van der Waals surface area contributed by atoms with Gasteiger partial charge in [-0.25, -0.2) is 0 Å². The molecule has 0 aromatic carbocycles. The van der Waals surface area contributed by atoms with Crippen molar-refractivity contribution in [2.24, 2.45) is 11.7 Å². The van der Waals surface area contributed by atoms with E-state index < -0.39 is 29.1 Å². The van der Waals surface area contributed by atoms with Crippen molar-refractivity contribution in [3.63, 3.8) is 0 Å². The molecule has 1 rings (SSSR count). The molecule has 1 heterocycles. The van der Waals surface area contributed by atoms with E-state index in [2.05, 4.69) is 0 Å². The van der Waals surface area contributed by atoms with Crippen molar-refractivity contribution in [2.75, 3.05) is 13.1 Å². The number of piperidine rings is 1. The maximum absolute atomic E-state index is 12.0. The van der Waals surface area contributed by atoms with Crippen molar-refractivity contribution in [1.29, 1.82) is 0 Å². The summed E-state index contributed by atoms with van der Waals surface area (Å²) in [5.41, 5.74) is 5.67. The van der Waals surface area contributed by atoms with Crippen LogP contribution in [0.5, 0.6) is 0 Å². The van der Waals surface area contributed by atoms with Crippen LogP contribution in [0.2, 0.25) is 0 Å². The highest BCUT2D eigenvalue weighted by Gasteiger charge is 2.36. The largest absolute Gasteiger partial charge is 0.402 e. The van der Waals surface area contributed by atoms with Crippen LogP contribution in [0.3, 0.4) is 0 Å². The summed E-state index contributed by atoms with van der Waals surface area (Å²) in [5.74, 6) is -0.0637. The Hall–Kier alpha value is -0.380. The summed E-state index contributed by atoms with van der Waals surface area (Å²) in [7, 11) is -4.16. The van der Waals surface area contributed by atoms with E-state index in [0.29, 0.717) is 6.42 Å². The van der Waals surface area contributed by atoms with Gasteiger partial charge in [-0.15, -0.1) is 0 Å². The molecule has 2 atom stereocenters. The molecule has 0 spiro atoms. The third kappa shape index (κ3) is 4.09. The summed E-state index contributed by atoms with van der Waals surface area (Å²) < 4.78 is 61.5. The lowest BCUT2D eigenvalue weighted by molar-refractivity contribution is -0.121. The topological polar surface area (TPSA) is 75.4 Å². The second kappa shape index (κ2) is 5.09. The molecule has 0 amide bonds. The predicted octanol–water partition coefficient (Wildman–Crippen LogP) is 0.400. The molecule has 0 aromatic heterocycles. The summed E-state index contributed by atoms with van der Waals surface area (Å²) in [6, 6.07) is 0. The molecule has 1 aliphatic heterocycles. The maximum Gasteiger partial charge on any atom is 0.402 e. The highest BCUT2D eigenvalue weighted by Crippen LogP contribution is 2.22. The quantitative estimate of drug-likeness (QED) is 0.783. The van der Waals surface area contributed by atoms with Crippen molar-refractivity contribution < 1.29 is 21.6 Å². The molecule has 0 aromatic rings. The first-order valence-corrected chi connectivity index (χ1v) is 6.66. The van der Waals surface area contributed by atoms with Gasteiger partial charge in [0.05, 0.1) is 6.17 Å². The Kier molecular flexibility index (Phi) is 4.39. The van der Waals surface area contributed by atoms with Gasteiger partial charge in [0.25, 0.3) is 10.2 Å². The smallest absolute Gasteiger partial charge is 0.315 e. The summed E-state index contributed by atoms with van der Waals surface area (Å²) in [6.45, 7) is 0.349. The fourth-order valence-corrected chi connectivity index (χ4v) is 3.12. The molecule has 3 N–H and O–H groups in total. The van der Waals surface area contributed by atoms with Crippen LogP contribution < -0.4 is 10.5 Å². The zero-order valence-electron chi connectivity index (χ0n) is 9.37. The molecule has 0 radical (unpaired) electrons. The van der Waals surface area contributed by atoms with Gasteiger partial charge in [0.15, 0.2) is 0 Å². The maximum atomic E-state index is 12.0. The van der Waals surface area contributed by atoms with Crippen LogP contribution in [0.25, 0.3) is 0 Å². The summed E-state index contributed by atoms with van der Waals surface area (Å²) in [6.07, 6.45) is -3.97. The Morgan fingerprint density at radius 2 is 2.06 bits per heavy atom. The van der Waals surface area contributed by atoms with E-state index in [4.69, 9.17) is 5.73 Å². The van der Waals surface area contributed by atoms with Gasteiger partial charge in [-0.05, 0) is 18.8 Å². The second-order valence-corrected chi connectivity index (χ2v) is 5.87. The average Bonchev–Trinajstić information content (AvgIpc) is 2.18. The summed E-state index contributed by atoms with van der Waals surface area (Å²) in [5, 5.41) is 0. The third-order valence-corrected chi connectivity index (χ3v) is 4.27. The van der Waals surface area contributed by atoms with Gasteiger partial charge in [-0.3, -0.25) is 0 Å². The van der Waals surface area contributed by atoms with Crippen LogP contribution in [-0.4, -0.2) is 38.2 Å². The first-order valence-electron chi connectivity index (χ1n) is 5.22. The van der Waals surface area contributed by atoms with Crippen molar-refractivity contribution >= 4 is 10.2 Å². The lowest BCUT2D eigenvalue weighted by atomic mass is 9.99. The Morgan fingerprint density at radius 1 is 1.47 bits per heavy atom. The van der Waals surface area contributed by atoms with Gasteiger partial charge in [-0.2, -0.15) is 30.6 Å². The van der Waals surface area contributed by atoms with E-state index in [1.807, 2.05) is 0 Å². The van der Waals surface area contributed by atoms with Gasteiger partial charge in [0.2, 0.25) is 0 Å². The molecule has 5 nitrogen and oxygen atoms in total. The van der Waals surface area contributed by atoms with Crippen LogP contribution in [0, 0.1) is 5.92 Å². The minimum Gasteiger partial charge on any atom is -0.315 e. The molecule has 0 bridgehead atoms. The number of nitrogens with one attached hydrogen (secondary N) is 1. The second-order valence-electron chi connectivity index (χ2n) is 4.16. The van der Waals surface area contributed by atoms with E-state index in [1.54, 1.807) is 6.92 Å². The van der Waals surface area contributed by atoms with Gasteiger partial charge < -0.3 is 5.73 Å². The highest BCUT2D eigenvalue weighted by atomic mass is 32.2. The lowest BCUT2D eigenvalue weighted by Crippen LogP contribution is -2.56. The monoisotopic (exact) mass is 275 g/mol. The van der Waals surface area contributed by atoms with Crippen molar-refractivity contribution in [3.05, 3.63) is 0 Å².